The first-order valence-electron chi connectivity index (χ1n) is 5.09. The fourth-order valence-electron chi connectivity index (χ4n) is 1.28. The van der Waals surface area contributed by atoms with Gasteiger partial charge in [0.2, 0.25) is 0 Å². The number of urea groups is 1. The molecule has 2 aromatic rings. The number of amides is 2. The van der Waals surface area contributed by atoms with E-state index in [0.29, 0.717) is 5.82 Å². The SMILES string of the molecule is O=C(Nc1ccc(I)cn1)Nc1ccccc1F. The number of pyridine rings is 1. The predicted octanol–water partition coefficient (Wildman–Crippen LogP) is 3.47. The van der Waals surface area contributed by atoms with E-state index in [1.54, 1.807) is 24.4 Å². The zero-order valence-corrected chi connectivity index (χ0v) is 11.3. The molecule has 1 heterocycles. The summed E-state index contributed by atoms with van der Waals surface area (Å²) in [5.41, 5.74) is 0.125. The van der Waals surface area contributed by atoms with Crippen molar-refractivity contribution in [3.63, 3.8) is 0 Å². The van der Waals surface area contributed by atoms with Gasteiger partial charge in [-0.1, -0.05) is 12.1 Å². The van der Waals surface area contributed by atoms with Gasteiger partial charge in [-0.2, -0.15) is 0 Å². The van der Waals surface area contributed by atoms with Gasteiger partial charge in [0.05, 0.1) is 5.69 Å². The van der Waals surface area contributed by atoms with E-state index in [0.717, 1.165) is 3.57 Å². The number of para-hydroxylation sites is 1. The number of nitrogens with one attached hydrogen (secondary N) is 2. The summed E-state index contributed by atoms with van der Waals surface area (Å²) in [7, 11) is 0. The third kappa shape index (κ3) is 3.39. The summed E-state index contributed by atoms with van der Waals surface area (Å²) in [5.74, 6) is -0.0764. The lowest BCUT2D eigenvalue weighted by Crippen LogP contribution is -2.20. The maximum Gasteiger partial charge on any atom is 0.324 e. The number of nitrogens with zero attached hydrogens (tertiary/aromatic N) is 1. The molecule has 0 saturated heterocycles. The standard InChI is InChI=1S/C12H9FIN3O/c13-9-3-1-2-4-10(9)16-12(18)17-11-6-5-8(14)7-15-11/h1-7H,(H2,15,16,17,18). The van der Waals surface area contributed by atoms with Crippen molar-refractivity contribution in [3.8, 4) is 0 Å². The number of aromatic nitrogens is 1. The topological polar surface area (TPSA) is 54.0 Å². The number of hydrogen-bond donors (Lipinski definition) is 2. The molecule has 18 heavy (non-hydrogen) atoms. The summed E-state index contributed by atoms with van der Waals surface area (Å²) < 4.78 is 14.2. The summed E-state index contributed by atoms with van der Waals surface area (Å²) in [5, 5.41) is 4.92. The summed E-state index contributed by atoms with van der Waals surface area (Å²) in [6.07, 6.45) is 1.62. The molecular weight excluding hydrogens is 348 g/mol. The summed E-state index contributed by atoms with van der Waals surface area (Å²) >= 11 is 2.11. The van der Waals surface area contributed by atoms with Gasteiger partial charge >= 0.3 is 6.03 Å². The van der Waals surface area contributed by atoms with Crippen LogP contribution in [0.5, 0.6) is 0 Å². The van der Waals surface area contributed by atoms with E-state index in [1.165, 1.54) is 12.1 Å². The number of benzene rings is 1. The van der Waals surface area contributed by atoms with Gasteiger partial charge in [0.25, 0.3) is 0 Å². The first-order valence-corrected chi connectivity index (χ1v) is 6.17. The van der Waals surface area contributed by atoms with Crippen LogP contribution in [0.3, 0.4) is 0 Å². The van der Waals surface area contributed by atoms with Gasteiger partial charge in [0, 0.05) is 9.77 Å². The molecule has 0 unspecified atom stereocenters. The molecule has 92 valence electrons. The van der Waals surface area contributed by atoms with Gasteiger partial charge in [-0.05, 0) is 46.9 Å². The number of halogens is 2. The van der Waals surface area contributed by atoms with Crippen molar-refractivity contribution >= 4 is 40.1 Å². The van der Waals surface area contributed by atoms with Crippen LogP contribution in [0.25, 0.3) is 0 Å². The Balaban J connectivity index is 2.01. The molecule has 0 aliphatic rings. The molecule has 1 aromatic heterocycles. The molecule has 0 spiro atoms. The lowest BCUT2D eigenvalue weighted by molar-refractivity contribution is 0.262. The van der Waals surface area contributed by atoms with Crippen LogP contribution >= 0.6 is 22.6 Å². The Bertz CT molecular complexity index is 560. The van der Waals surface area contributed by atoms with Crippen LogP contribution in [0.15, 0.2) is 42.6 Å². The second-order valence-corrected chi connectivity index (χ2v) is 4.67. The highest BCUT2D eigenvalue weighted by Crippen LogP contribution is 2.13. The summed E-state index contributed by atoms with van der Waals surface area (Å²) in [6.45, 7) is 0. The van der Waals surface area contributed by atoms with Crippen LogP contribution in [0.4, 0.5) is 20.7 Å². The van der Waals surface area contributed by atoms with Gasteiger partial charge in [0.15, 0.2) is 0 Å². The highest BCUT2D eigenvalue weighted by Gasteiger charge is 2.06. The summed E-state index contributed by atoms with van der Waals surface area (Å²) in [6, 6.07) is 8.90. The molecule has 0 bridgehead atoms. The third-order valence-corrected chi connectivity index (χ3v) is 2.73. The number of anilines is 2. The molecule has 0 aliphatic heterocycles. The minimum Gasteiger partial charge on any atom is -0.305 e. The second-order valence-electron chi connectivity index (χ2n) is 3.42. The van der Waals surface area contributed by atoms with Crippen molar-refractivity contribution in [2.75, 3.05) is 10.6 Å². The Morgan fingerprint density at radius 2 is 1.94 bits per heavy atom. The monoisotopic (exact) mass is 357 g/mol. The Kier molecular flexibility index (Phi) is 4.08. The van der Waals surface area contributed by atoms with Gasteiger partial charge < -0.3 is 5.32 Å². The molecule has 2 amide bonds. The highest BCUT2D eigenvalue weighted by atomic mass is 127. The fourth-order valence-corrected chi connectivity index (χ4v) is 1.60. The van der Waals surface area contributed by atoms with Crippen LogP contribution in [0.2, 0.25) is 0 Å². The van der Waals surface area contributed by atoms with Crippen LogP contribution in [-0.4, -0.2) is 11.0 Å². The van der Waals surface area contributed by atoms with Crippen molar-refractivity contribution < 1.29 is 9.18 Å². The van der Waals surface area contributed by atoms with E-state index >= 15 is 0 Å². The van der Waals surface area contributed by atoms with Crippen molar-refractivity contribution in [1.29, 1.82) is 0 Å². The molecule has 4 nitrogen and oxygen atoms in total. The zero-order valence-electron chi connectivity index (χ0n) is 9.15. The van der Waals surface area contributed by atoms with Gasteiger partial charge in [-0.3, -0.25) is 5.32 Å². The smallest absolute Gasteiger partial charge is 0.305 e. The van der Waals surface area contributed by atoms with Gasteiger partial charge in [-0.25, -0.2) is 14.2 Å². The first kappa shape index (κ1) is 12.7. The Hall–Kier alpha value is -1.70. The van der Waals surface area contributed by atoms with Crippen LogP contribution < -0.4 is 10.6 Å². The molecule has 0 aliphatic carbocycles. The Morgan fingerprint density at radius 1 is 1.17 bits per heavy atom. The molecule has 0 fully saturated rings. The van der Waals surface area contributed by atoms with Crippen LogP contribution in [-0.2, 0) is 0 Å². The maximum atomic E-state index is 13.3. The minimum atomic E-state index is -0.534. The van der Waals surface area contributed by atoms with E-state index in [-0.39, 0.29) is 5.69 Å². The molecule has 0 saturated carbocycles. The van der Waals surface area contributed by atoms with E-state index in [9.17, 15) is 9.18 Å². The van der Waals surface area contributed by atoms with Crippen molar-refractivity contribution in [3.05, 3.63) is 52.0 Å². The van der Waals surface area contributed by atoms with Gasteiger partial charge in [-0.15, -0.1) is 0 Å². The zero-order chi connectivity index (χ0) is 13.0. The maximum absolute atomic E-state index is 13.3. The normalized spacial score (nSPS) is 9.89. The largest absolute Gasteiger partial charge is 0.324 e. The Morgan fingerprint density at radius 3 is 2.61 bits per heavy atom. The highest BCUT2D eigenvalue weighted by molar-refractivity contribution is 14.1. The quantitative estimate of drug-likeness (QED) is 0.809. The van der Waals surface area contributed by atoms with Crippen LogP contribution in [0, 0.1) is 9.39 Å². The lowest BCUT2D eigenvalue weighted by Gasteiger charge is -2.07. The first-order chi connectivity index (χ1) is 8.65. The van der Waals surface area contributed by atoms with E-state index in [2.05, 4.69) is 38.2 Å². The average Bonchev–Trinajstić information content (AvgIpc) is 2.35. The average molecular weight is 357 g/mol. The number of carbonyl (C=O) groups excluding carboxylic acids is 1. The molecular formula is C12H9FIN3O. The predicted molar refractivity (Wildman–Crippen MR) is 76.0 cm³/mol. The van der Waals surface area contributed by atoms with E-state index in [4.69, 9.17) is 0 Å². The molecule has 2 rings (SSSR count). The summed E-state index contributed by atoms with van der Waals surface area (Å²) in [4.78, 5) is 15.6. The van der Waals surface area contributed by atoms with E-state index < -0.39 is 11.8 Å². The fraction of sp³-hybridized carbons (Fsp3) is 0. The number of rotatable bonds is 2. The molecule has 0 atom stereocenters. The van der Waals surface area contributed by atoms with Crippen molar-refractivity contribution in [2.24, 2.45) is 0 Å². The van der Waals surface area contributed by atoms with Gasteiger partial charge in [0.1, 0.15) is 11.6 Å². The molecule has 2 N–H and O–H groups in total. The van der Waals surface area contributed by atoms with E-state index in [1.807, 2.05) is 6.07 Å². The van der Waals surface area contributed by atoms with Crippen molar-refractivity contribution in [2.45, 2.75) is 0 Å². The molecule has 1 aromatic carbocycles. The second kappa shape index (κ2) is 5.76. The minimum absolute atomic E-state index is 0.125. The molecule has 0 radical (unpaired) electrons. The number of hydrogen-bond acceptors (Lipinski definition) is 2. The molecule has 6 heteroatoms. The van der Waals surface area contributed by atoms with Crippen molar-refractivity contribution in [1.82, 2.24) is 4.98 Å². The Labute approximate surface area is 117 Å². The lowest BCUT2D eigenvalue weighted by atomic mass is 10.3. The van der Waals surface area contributed by atoms with Crippen LogP contribution in [0.1, 0.15) is 0 Å². The number of carbonyl (C=O) groups is 1. The third-order valence-electron chi connectivity index (χ3n) is 2.09.